The van der Waals surface area contributed by atoms with Gasteiger partial charge in [-0.25, -0.2) is 4.98 Å². The fraction of sp³-hybridized carbons (Fsp3) is 0.148. The van der Waals surface area contributed by atoms with Crippen LogP contribution in [-0.2, 0) is 0 Å². The molecular formula is C27H25N3O2. The topological polar surface area (TPSA) is 64.1 Å². The van der Waals surface area contributed by atoms with E-state index < -0.39 is 0 Å². The molecule has 0 radical (unpaired) electrons. The van der Waals surface area contributed by atoms with E-state index in [0.29, 0.717) is 23.0 Å². The number of nitrogens with zero attached hydrogens (tertiary/aromatic N) is 2. The van der Waals surface area contributed by atoms with Crippen molar-refractivity contribution < 1.29 is 9.53 Å². The number of benzene rings is 3. The number of ether oxygens (including phenoxy) is 1. The molecule has 5 heteroatoms. The van der Waals surface area contributed by atoms with Crippen molar-refractivity contribution >= 4 is 5.91 Å². The molecule has 0 spiro atoms. The number of hydrogen-bond acceptors (Lipinski definition) is 4. The molecule has 1 atom stereocenters. The maximum absolute atomic E-state index is 12.6. The van der Waals surface area contributed by atoms with E-state index >= 15 is 0 Å². The van der Waals surface area contributed by atoms with Gasteiger partial charge in [0.15, 0.2) is 5.82 Å². The van der Waals surface area contributed by atoms with Crippen molar-refractivity contribution in [2.75, 3.05) is 0 Å². The van der Waals surface area contributed by atoms with Crippen molar-refractivity contribution in [2.45, 2.75) is 26.8 Å². The fourth-order valence-electron chi connectivity index (χ4n) is 3.25. The van der Waals surface area contributed by atoms with Crippen molar-refractivity contribution in [3.05, 3.63) is 107 Å². The van der Waals surface area contributed by atoms with Crippen LogP contribution in [-0.4, -0.2) is 15.9 Å². The van der Waals surface area contributed by atoms with Gasteiger partial charge in [0, 0.05) is 23.4 Å². The summed E-state index contributed by atoms with van der Waals surface area (Å²) in [5, 5.41) is 3.03. The second-order valence-corrected chi connectivity index (χ2v) is 7.82. The van der Waals surface area contributed by atoms with Crippen molar-refractivity contribution in [3.8, 4) is 23.0 Å². The zero-order valence-corrected chi connectivity index (χ0v) is 18.4. The van der Waals surface area contributed by atoms with Gasteiger partial charge in [0.2, 0.25) is 5.88 Å². The number of amides is 1. The van der Waals surface area contributed by atoms with Gasteiger partial charge in [0.05, 0.1) is 6.04 Å². The lowest BCUT2D eigenvalue weighted by Gasteiger charge is -2.15. The first kappa shape index (κ1) is 21.2. The summed E-state index contributed by atoms with van der Waals surface area (Å²) >= 11 is 0. The van der Waals surface area contributed by atoms with E-state index in [1.165, 1.54) is 11.1 Å². The summed E-state index contributed by atoms with van der Waals surface area (Å²) in [7, 11) is 0. The third kappa shape index (κ3) is 5.19. The highest BCUT2D eigenvalue weighted by atomic mass is 16.5. The van der Waals surface area contributed by atoms with Crippen LogP contribution in [0.1, 0.15) is 40.0 Å². The summed E-state index contributed by atoms with van der Waals surface area (Å²) in [6, 6.07) is 24.8. The summed E-state index contributed by atoms with van der Waals surface area (Å²) in [5.41, 5.74) is 4.93. The van der Waals surface area contributed by atoms with E-state index in [0.717, 1.165) is 11.1 Å². The van der Waals surface area contributed by atoms with Gasteiger partial charge < -0.3 is 10.1 Å². The molecule has 160 valence electrons. The SMILES string of the molecule is Cc1ccc(-c2nccc(Oc3ccc(C(=O)N[C@H](C)c4ccc(C)cc4)cc3)n2)cc1. The molecule has 0 aliphatic heterocycles. The molecule has 4 rings (SSSR count). The van der Waals surface area contributed by atoms with Gasteiger partial charge in [-0.05, 0) is 50.6 Å². The number of aryl methyl sites for hydroxylation is 2. The van der Waals surface area contributed by atoms with Crippen LogP contribution in [0.3, 0.4) is 0 Å². The largest absolute Gasteiger partial charge is 0.439 e. The zero-order valence-electron chi connectivity index (χ0n) is 18.4. The summed E-state index contributed by atoms with van der Waals surface area (Å²) in [4.78, 5) is 21.4. The molecule has 0 saturated carbocycles. The van der Waals surface area contributed by atoms with Gasteiger partial charge in [-0.3, -0.25) is 4.79 Å². The third-order valence-electron chi connectivity index (χ3n) is 5.20. The van der Waals surface area contributed by atoms with Crippen molar-refractivity contribution in [1.82, 2.24) is 15.3 Å². The first-order valence-corrected chi connectivity index (χ1v) is 10.5. The number of carbonyl (C=O) groups excluding carboxylic acids is 1. The van der Waals surface area contributed by atoms with Crippen LogP contribution >= 0.6 is 0 Å². The van der Waals surface area contributed by atoms with E-state index in [4.69, 9.17) is 4.74 Å². The summed E-state index contributed by atoms with van der Waals surface area (Å²) in [5.74, 6) is 1.51. The fourth-order valence-corrected chi connectivity index (χ4v) is 3.25. The molecule has 0 saturated heterocycles. The maximum Gasteiger partial charge on any atom is 0.251 e. The van der Waals surface area contributed by atoms with Gasteiger partial charge in [-0.2, -0.15) is 4.98 Å². The molecule has 32 heavy (non-hydrogen) atoms. The minimum Gasteiger partial charge on any atom is -0.439 e. The van der Waals surface area contributed by atoms with E-state index in [9.17, 15) is 4.79 Å². The van der Waals surface area contributed by atoms with Crippen LogP contribution in [0.25, 0.3) is 11.4 Å². The van der Waals surface area contributed by atoms with E-state index in [1.54, 1.807) is 36.5 Å². The number of hydrogen-bond donors (Lipinski definition) is 1. The quantitative estimate of drug-likeness (QED) is 0.410. The summed E-state index contributed by atoms with van der Waals surface area (Å²) in [6.45, 7) is 6.06. The van der Waals surface area contributed by atoms with Gasteiger partial charge in [0.1, 0.15) is 5.75 Å². The normalized spacial score (nSPS) is 11.6. The van der Waals surface area contributed by atoms with Crippen molar-refractivity contribution in [1.29, 1.82) is 0 Å². The van der Waals surface area contributed by atoms with Crippen LogP contribution < -0.4 is 10.1 Å². The molecule has 1 aromatic heterocycles. The number of nitrogens with one attached hydrogen (secondary N) is 1. The monoisotopic (exact) mass is 423 g/mol. The Bertz CT molecular complexity index is 1200. The average molecular weight is 424 g/mol. The molecular weight excluding hydrogens is 398 g/mol. The maximum atomic E-state index is 12.6. The van der Waals surface area contributed by atoms with Crippen LogP contribution in [0.2, 0.25) is 0 Å². The Kier molecular flexibility index (Phi) is 6.26. The summed E-state index contributed by atoms with van der Waals surface area (Å²) < 4.78 is 5.88. The molecule has 3 aromatic carbocycles. The Balaban J connectivity index is 1.41. The zero-order chi connectivity index (χ0) is 22.5. The standard InChI is InChI=1S/C27H25N3O2/c1-18-4-8-21(9-5-18)20(3)29-27(31)23-12-14-24(15-13-23)32-25-16-17-28-26(30-25)22-10-6-19(2)7-11-22/h4-17,20H,1-3H3,(H,29,31)/t20-/m1/s1. The van der Waals surface area contributed by atoms with Crippen LogP contribution in [0, 0.1) is 13.8 Å². The smallest absolute Gasteiger partial charge is 0.251 e. The molecule has 0 unspecified atom stereocenters. The first-order chi connectivity index (χ1) is 15.5. The number of rotatable bonds is 6. The summed E-state index contributed by atoms with van der Waals surface area (Å²) in [6.07, 6.45) is 1.67. The molecule has 0 aliphatic rings. The minimum atomic E-state index is -0.131. The highest BCUT2D eigenvalue weighted by Gasteiger charge is 2.12. The molecule has 1 heterocycles. The van der Waals surface area contributed by atoms with E-state index in [1.807, 2.05) is 69.3 Å². The predicted octanol–water partition coefficient (Wildman–Crippen LogP) is 6.04. The highest BCUT2D eigenvalue weighted by Crippen LogP contribution is 2.23. The average Bonchev–Trinajstić information content (AvgIpc) is 2.80. The molecule has 5 nitrogen and oxygen atoms in total. The molecule has 1 N–H and O–H groups in total. The number of aromatic nitrogens is 2. The molecule has 4 aromatic rings. The molecule has 1 amide bonds. The number of carbonyl (C=O) groups is 1. The van der Waals surface area contributed by atoms with E-state index in [2.05, 4.69) is 15.3 Å². The lowest BCUT2D eigenvalue weighted by Crippen LogP contribution is -2.26. The predicted molar refractivity (Wildman–Crippen MR) is 126 cm³/mol. The molecule has 0 bridgehead atoms. The van der Waals surface area contributed by atoms with Crippen molar-refractivity contribution in [2.24, 2.45) is 0 Å². The Hall–Kier alpha value is -3.99. The first-order valence-electron chi connectivity index (χ1n) is 10.5. The second kappa shape index (κ2) is 9.43. The van der Waals surface area contributed by atoms with Crippen LogP contribution in [0.15, 0.2) is 85.1 Å². The van der Waals surface area contributed by atoms with Crippen LogP contribution in [0.5, 0.6) is 11.6 Å². The van der Waals surface area contributed by atoms with Gasteiger partial charge in [0.25, 0.3) is 5.91 Å². The minimum absolute atomic E-state index is 0.0831. The second-order valence-electron chi connectivity index (χ2n) is 7.82. The van der Waals surface area contributed by atoms with Gasteiger partial charge in [-0.1, -0.05) is 59.7 Å². The van der Waals surface area contributed by atoms with Crippen LogP contribution in [0.4, 0.5) is 0 Å². The van der Waals surface area contributed by atoms with Crippen molar-refractivity contribution in [3.63, 3.8) is 0 Å². The van der Waals surface area contributed by atoms with Gasteiger partial charge >= 0.3 is 0 Å². The Labute approximate surface area is 188 Å². The lowest BCUT2D eigenvalue weighted by atomic mass is 10.1. The lowest BCUT2D eigenvalue weighted by molar-refractivity contribution is 0.0940. The van der Waals surface area contributed by atoms with Gasteiger partial charge in [-0.15, -0.1) is 0 Å². The molecule has 0 aliphatic carbocycles. The molecule has 0 fully saturated rings. The van der Waals surface area contributed by atoms with E-state index in [-0.39, 0.29) is 11.9 Å². The Morgan fingerprint density at radius 2 is 1.47 bits per heavy atom. The third-order valence-corrected chi connectivity index (χ3v) is 5.20. The Morgan fingerprint density at radius 1 is 0.844 bits per heavy atom. The highest BCUT2D eigenvalue weighted by molar-refractivity contribution is 5.94. The Morgan fingerprint density at radius 3 is 2.12 bits per heavy atom.